The number of hydrogen-bond acceptors (Lipinski definition) is 7. The first-order chi connectivity index (χ1) is 16.7. The van der Waals surface area contributed by atoms with E-state index in [2.05, 4.69) is 0 Å². The second-order valence-electron chi connectivity index (χ2n) is 9.74. The number of ether oxygens (including phenoxy) is 2. The predicted molar refractivity (Wildman–Crippen MR) is 137 cm³/mol. The van der Waals surface area contributed by atoms with Crippen molar-refractivity contribution in [2.45, 2.75) is 41.5 Å². The molecule has 0 bridgehead atoms. The van der Waals surface area contributed by atoms with Gasteiger partial charge in [-0.15, -0.1) is 0 Å². The Balaban J connectivity index is 0.000000637. The maximum atomic E-state index is 11.7. The van der Waals surface area contributed by atoms with Gasteiger partial charge in [-0.2, -0.15) is 0 Å². The van der Waals surface area contributed by atoms with Crippen LogP contribution in [0.4, 0.5) is 0 Å². The second-order valence-corrected chi connectivity index (χ2v) is 9.74. The molecule has 0 amide bonds. The van der Waals surface area contributed by atoms with Gasteiger partial charge >= 0.3 is 23.7 Å². The Morgan fingerprint density at radius 3 is 1.08 bits per heavy atom. The van der Waals surface area contributed by atoms with Crippen molar-refractivity contribution in [3.63, 3.8) is 0 Å². The molecule has 0 radical (unpaired) electrons. The molecule has 0 saturated carbocycles. The third kappa shape index (κ3) is 11.6. The van der Waals surface area contributed by atoms with Gasteiger partial charge in [-0.3, -0.25) is 9.59 Å². The van der Waals surface area contributed by atoms with Crippen molar-refractivity contribution < 1.29 is 53.0 Å². The van der Waals surface area contributed by atoms with Gasteiger partial charge in [0.15, 0.2) is 11.6 Å². The Labute approximate surface area is 225 Å². The van der Waals surface area contributed by atoms with E-state index >= 15 is 0 Å². The number of aliphatic hydroxyl groups is 2. The van der Waals surface area contributed by atoms with E-state index < -0.39 is 10.8 Å². The van der Waals surface area contributed by atoms with Gasteiger partial charge in [-0.1, -0.05) is 41.5 Å². The molecule has 2 aromatic rings. The Hall–Kier alpha value is -3.03. The molecule has 0 aliphatic rings. The normalized spacial score (nSPS) is 11.8. The van der Waals surface area contributed by atoms with E-state index in [1.165, 1.54) is 12.2 Å². The molecule has 8 heteroatoms. The molecule has 0 spiro atoms. The topological polar surface area (TPSA) is 110 Å². The Kier molecular flexibility index (Phi) is 13.9. The maximum absolute atomic E-state index is 11.7. The molecule has 2 N–H and O–H groups in total. The van der Waals surface area contributed by atoms with Gasteiger partial charge in [0.1, 0.15) is 23.0 Å². The van der Waals surface area contributed by atoms with Gasteiger partial charge in [0, 0.05) is 34.1 Å². The number of benzene rings is 2. The van der Waals surface area contributed by atoms with Crippen LogP contribution in [0.25, 0.3) is 11.5 Å². The Bertz CT molecular complexity index is 954. The summed E-state index contributed by atoms with van der Waals surface area (Å²) in [6.07, 6.45) is 2.53. The van der Waals surface area contributed by atoms with Crippen molar-refractivity contribution in [2.24, 2.45) is 10.8 Å². The zero-order valence-electron chi connectivity index (χ0n) is 22.2. The summed E-state index contributed by atoms with van der Waals surface area (Å²) in [5, 5.41) is 19.6. The molecule has 0 atom stereocenters. The molecule has 36 heavy (non-hydrogen) atoms. The summed E-state index contributed by atoms with van der Waals surface area (Å²) < 4.78 is 18.3. The van der Waals surface area contributed by atoms with Crippen molar-refractivity contribution >= 4 is 23.1 Å². The minimum absolute atomic E-state index is 0.0208. The third-order valence-corrected chi connectivity index (χ3v) is 4.79. The van der Waals surface area contributed by atoms with Gasteiger partial charge in [-0.05, 0) is 48.5 Å². The second kappa shape index (κ2) is 15.2. The number of ketones is 2. The van der Waals surface area contributed by atoms with Gasteiger partial charge in [0.05, 0.1) is 14.2 Å². The number of allylic oxidation sites excluding steroid dienone is 2. The molecule has 0 saturated heterocycles. The number of carbonyl (C=O) groups is 2. The van der Waals surface area contributed by atoms with Crippen molar-refractivity contribution in [2.75, 3.05) is 14.2 Å². The summed E-state index contributed by atoms with van der Waals surface area (Å²) in [5.41, 5.74) is 0.229. The average molecular weight is 532 g/mol. The Morgan fingerprint density at radius 1 is 0.639 bits per heavy atom. The standard InChI is InChI=1S/2C14H18O3.O.Ti/c2*1-14(2,3)13(16)9-12(15)10-5-7-11(17-4)8-6-10;;/h2*5-9,15H,1-4H3;;/b2*12-9-;;. The molecular formula is C28H36O7Ti. The van der Waals surface area contributed by atoms with Crippen molar-refractivity contribution in [3.8, 4) is 11.5 Å². The molecule has 0 unspecified atom stereocenters. The summed E-state index contributed by atoms with van der Waals surface area (Å²) in [6.45, 7) is 10.9. The van der Waals surface area contributed by atoms with E-state index in [0.717, 1.165) is 20.4 Å². The summed E-state index contributed by atoms with van der Waals surface area (Å²) in [6, 6.07) is 13.8. The molecule has 0 aromatic heterocycles. The molecule has 194 valence electrons. The summed E-state index contributed by atoms with van der Waals surface area (Å²) in [7, 11) is 3.15. The molecule has 0 aliphatic carbocycles. The van der Waals surface area contributed by atoms with Crippen LogP contribution in [0.3, 0.4) is 0 Å². The minimum atomic E-state index is -0.486. The van der Waals surface area contributed by atoms with Crippen LogP contribution < -0.4 is 9.47 Å². The van der Waals surface area contributed by atoms with E-state index in [1.54, 1.807) is 62.8 Å². The summed E-state index contributed by atoms with van der Waals surface area (Å²) in [4.78, 5) is 23.4. The molecule has 0 aliphatic heterocycles. The fourth-order valence-electron chi connectivity index (χ4n) is 2.37. The van der Waals surface area contributed by atoms with Gasteiger partial charge in [0.2, 0.25) is 0 Å². The van der Waals surface area contributed by atoms with E-state index in [1.807, 2.05) is 41.5 Å². The quantitative estimate of drug-likeness (QED) is 0.255. The molecule has 0 heterocycles. The first kappa shape index (κ1) is 33.0. The molecular weight excluding hydrogens is 496 g/mol. The fourth-order valence-corrected chi connectivity index (χ4v) is 2.37. The van der Waals surface area contributed by atoms with Crippen molar-refractivity contribution in [3.05, 3.63) is 71.8 Å². The number of carbonyl (C=O) groups excluding carboxylic acids is 2. The molecule has 0 fully saturated rings. The van der Waals surface area contributed by atoms with Crippen LogP contribution in [0.2, 0.25) is 0 Å². The van der Waals surface area contributed by atoms with E-state index in [4.69, 9.17) is 12.8 Å². The molecule has 2 aromatic carbocycles. The van der Waals surface area contributed by atoms with Gasteiger partial charge in [0.25, 0.3) is 0 Å². The first-order valence-corrected chi connectivity index (χ1v) is 11.7. The van der Waals surface area contributed by atoms with Gasteiger partial charge < -0.3 is 19.7 Å². The monoisotopic (exact) mass is 532 g/mol. The van der Waals surface area contributed by atoms with Crippen LogP contribution in [-0.2, 0) is 33.3 Å². The average Bonchev–Trinajstić information content (AvgIpc) is 2.84. The van der Waals surface area contributed by atoms with Crippen molar-refractivity contribution in [1.29, 1.82) is 0 Å². The molecule has 2 rings (SSSR count). The number of aliphatic hydroxyl groups excluding tert-OH is 2. The van der Waals surface area contributed by atoms with Gasteiger partial charge in [-0.25, -0.2) is 0 Å². The zero-order chi connectivity index (χ0) is 28.1. The van der Waals surface area contributed by atoms with E-state index in [-0.39, 0.29) is 23.1 Å². The zero-order valence-corrected chi connectivity index (χ0v) is 23.8. The molecule has 7 nitrogen and oxygen atoms in total. The van der Waals surface area contributed by atoms with Crippen LogP contribution in [-0.4, -0.2) is 36.0 Å². The number of rotatable bonds is 6. The van der Waals surface area contributed by atoms with Crippen molar-refractivity contribution in [1.82, 2.24) is 0 Å². The Morgan fingerprint density at radius 2 is 0.889 bits per heavy atom. The van der Waals surface area contributed by atoms with E-state index in [0.29, 0.717) is 22.6 Å². The summed E-state index contributed by atoms with van der Waals surface area (Å²) in [5.74, 6) is 1.17. The SMILES string of the molecule is COc1ccc(/C(O)=C/C(=O)C(C)(C)C)cc1.COc1ccc(/C(O)=C/C(=O)C(C)(C)C)cc1.[O]=[Ti]. The van der Waals surface area contributed by atoms with Crippen LogP contribution >= 0.6 is 0 Å². The number of methoxy groups -OCH3 is 2. The summed E-state index contributed by atoms with van der Waals surface area (Å²) >= 11 is 0.750. The van der Waals surface area contributed by atoms with Crippen LogP contribution in [0, 0.1) is 10.8 Å². The van der Waals surface area contributed by atoms with Crippen LogP contribution in [0.5, 0.6) is 11.5 Å². The van der Waals surface area contributed by atoms with E-state index in [9.17, 15) is 19.8 Å². The number of hydrogen-bond donors (Lipinski definition) is 2. The first-order valence-electron chi connectivity index (χ1n) is 11.1. The predicted octanol–water partition coefficient (Wildman–Crippen LogP) is 6.30. The fraction of sp³-hybridized carbons (Fsp3) is 0.357. The third-order valence-electron chi connectivity index (χ3n) is 4.79. The van der Waals surface area contributed by atoms with Crippen LogP contribution in [0.15, 0.2) is 60.7 Å². The van der Waals surface area contributed by atoms with Crippen LogP contribution in [0.1, 0.15) is 52.7 Å².